The molecule has 3 aromatic rings. The van der Waals surface area contributed by atoms with Crippen molar-refractivity contribution >= 4 is 28.5 Å². The fourth-order valence-electron chi connectivity index (χ4n) is 3.24. The number of carboxylic acids is 1. The Morgan fingerprint density at radius 2 is 1.83 bits per heavy atom. The van der Waals surface area contributed by atoms with Crippen LogP contribution in [-0.2, 0) is 6.54 Å². The number of aromatic nitrogens is 1. The zero-order valence-corrected chi connectivity index (χ0v) is 16.3. The average Bonchev–Trinajstić information content (AvgIpc) is 2.68. The highest BCUT2D eigenvalue weighted by molar-refractivity contribution is 6.06. The molecule has 1 N–H and O–H groups in total. The molecule has 3 rings (SSSR count). The van der Waals surface area contributed by atoms with Crippen molar-refractivity contribution in [1.29, 1.82) is 0 Å². The van der Waals surface area contributed by atoms with E-state index in [1.165, 1.54) is 24.2 Å². The fourth-order valence-corrected chi connectivity index (χ4v) is 3.24. The number of nitrogens with zero attached hydrogens (tertiary/aromatic N) is 2. The third-order valence-electron chi connectivity index (χ3n) is 4.63. The summed E-state index contributed by atoms with van der Waals surface area (Å²) in [6.45, 7) is 4.32. The van der Waals surface area contributed by atoms with Gasteiger partial charge in [0, 0.05) is 30.7 Å². The normalized spacial score (nSPS) is 11.1. The van der Waals surface area contributed by atoms with Gasteiger partial charge >= 0.3 is 5.97 Å². The van der Waals surface area contributed by atoms with Gasteiger partial charge in [-0.25, -0.2) is 9.18 Å². The summed E-state index contributed by atoms with van der Waals surface area (Å²) in [6.07, 6.45) is 1.27. The standard InChI is InChI=1S/C22H21FN2O4/c1-13(2)11-25-12-16(22(28)29)20(26)15-9-17(23)19(10-18(15)25)24(3)21(27)14-7-5-4-6-8-14/h4-10,12-13H,11H2,1-3H3,(H,28,29). The van der Waals surface area contributed by atoms with Crippen LogP contribution in [0.5, 0.6) is 0 Å². The lowest BCUT2D eigenvalue weighted by Crippen LogP contribution is -2.27. The molecule has 150 valence electrons. The summed E-state index contributed by atoms with van der Waals surface area (Å²) in [5.74, 6) is -2.39. The predicted molar refractivity (Wildman–Crippen MR) is 109 cm³/mol. The molecule has 0 aliphatic rings. The van der Waals surface area contributed by atoms with Crippen LogP contribution < -0.4 is 10.3 Å². The van der Waals surface area contributed by atoms with Gasteiger partial charge in [0.25, 0.3) is 5.91 Å². The molecule has 7 heteroatoms. The summed E-state index contributed by atoms with van der Waals surface area (Å²) < 4.78 is 16.5. The van der Waals surface area contributed by atoms with Gasteiger partial charge in [-0.15, -0.1) is 0 Å². The highest BCUT2D eigenvalue weighted by Crippen LogP contribution is 2.26. The van der Waals surface area contributed by atoms with E-state index in [-0.39, 0.29) is 17.0 Å². The lowest BCUT2D eigenvalue weighted by molar-refractivity contribution is 0.0694. The quantitative estimate of drug-likeness (QED) is 0.712. The number of halogens is 1. The fraction of sp³-hybridized carbons (Fsp3) is 0.227. The molecule has 0 aliphatic carbocycles. The Balaban J connectivity index is 2.21. The maximum Gasteiger partial charge on any atom is 0.341 e. The zero-order valence-electron chi connectivity index (χ0n) is 16.3. The van der Waals surface area contributed by atoms with Gasteiger partial charge in [0.2, 0.25) is 5.43 Å². The van der Waals surface area contributed by atoms with Crippen LogP contribution in [0.4, 0.5) is 10.1 Å². The van der Waals surface area contributed by atoms with Crippen LogP contribution in [0, 0.1) is 11.7 Å². The van der Waals surface area contributed by atoms with Crippen molar-refractivity contribution in [2.24, 2.45) is 5.92 Å². The van der Waals surface area contributed by atoms with E-state index in [4.69, 9.17) is 0 Å². The van der Waals surface area contributed by atoms with Crippen LogP contribution in [-0.4, -0.2) is 28.6 Å². The second kappa shape index (κ2) is 7.87. The first kappa shape index (κ1) is 20.3. The number of carbonyl (C=O) groups is 2. The van der Waals surface area contributed by atoms with Gasteiger partial charge in [0.15, 0.2) is 0 Å². The molecule has 0 aliphatic heterocycles. The number of pyridine rings is 1. The predicted octanol–water partition coefficient (Wildman–Crippen LogP) is 3.77. The Morgan fingerprint density at radius 1 is 1.17 bits per heavy atom. The van der Waals surface area contributed by atoms with Gasteiger partial charge < -0.3 is 14.6 Å². The Hall–Kier alpha value is -3.48. The smallest absolute Gasteiger partial charge is 0.341 e. The molecule has 1 heterocycles. The minimum Gasteiger partial charge on any atom is -0.477 e. The molecule has 0 bridgehead atoms. The molecular formula is C22H21FN2O4. The van der Waals surface area contributed by atoms with Crippen LogP contribution in [0.25, 0.3) is 10.9 Å². The summed E-state index contributed by atoms with van der Waals surface area (Å²) in [6, 6.07) is 10.9. The maximum atomic E-state index is 14.9. The van der Waals surface area contributed by atoms with Crippen molar-refractivity contribution in [1.82, 2.24) is 4.57 Å². The molecule has 0 atom stereocenters. The van der Waals surface area contributed by atoms with Gasteiger partial charge in [0.1, 0.15) is 11.4 Å². The van der Waals surface area contributed by atoms with Crippen LogP contribution in [0.1, 0.15) is 34.6 Å². The molecule has 0 unspecified atom stereocenters. The van der Waals surface area contributed by atoms with Crippen molar-refractivity contribution in [3.05, 3.63) is 75.8 Å². The molecule has 6 nitrogen and oxygen atoms in total. The Morgan fingerprint density at radius 3 is 2.41 bits per heavy atom. The van der Waals surface area contributed by atoms with E-state index in [1.54, 1.807) is 34.9 Å². The molecular weight excluding hydrogens is 375 g/mol. The maximum absolute atomic E-state index is 14.9. The van der Waals surface area contributed by atoms with Gasteiger partial charge in [-0.05, 0) is 30.2 Å². The Kier molecular flexibility index (Phi) is 5.50. The number of hydrogen-bond donors (Lipinski definition) is 1. The Bertz CT molecular complexity index is 1150. The van der Waals surface area contributed by atoms with E-state index < -0.39 is 28.7 Å². The second-order valence-electron chi connectivity index (χ2n) is 7.27. The second-order valence-corrected chi connectivity index (χ2v) is 7.27. The van der Waals surface area contributed by atoms with Crippen LogP contribution in [0.15, 0.2) is 53.5 Å². The van der Waals surface area contributed by atoms with E-state index in [0.29, 0.717) is 17.6 Å². The first-order valence-corrected chi connectivity index (χ1v) is 9.13. The lowest BCUT2D eigenvalue weighted by atomic mass is 10.1. The van der Waals surface area contributed by atoms with Crippen LogP contribution in [0.3, 0.4) is 0 Å². The van der Waals surface area contributed by atoms with Crippen LogP contribution in [0.2, 0.25) is 0 Å². The number of carboxylic acid groups (broad SMARTS) is 1. The van der Waals surface area contributed by atoms with E-state index in [9.17, 15) is 23.9 Å². The average molecular weight is 396 g/mol. The number of amides is 1. The molecule has 1 aromatic heterocycles. The number of anilines is 1. The number of benzene rings is 2. The zero-order chi connectivity index (χ0) is 21.3. The topological polar surface area (TPSA) is 79.6 Å². The molecule has 29 heavy (non-hydrogen) atoms. The third-order valence-corrected chi connectivity index (χ3v) is 4.63. The van der Waals surface area contributed by atoms with Gasteiger partial charge in [-0.1, -0.05) is 32.0 Å². The van der Waals surface area contributed by atoms with E-state index >= 15 is 0 Å². The number of hydrogen-bond acceptors (Lipinski definition) is 3. The first-order chi connectivity index (χ1) is 13.7. The Labute approximate surface area is 166 Å². The third kappa shape index (κ3) is 3.89. The lowest BCUT2D eigenvalue weighted by Gasteiger charge is -2.21. The monoisotopic (exact) mass is 396 g/mol. The summed E-state index contributed by atoms with van der Waals surface area (Å²) >= 11 is 0. The van der Waals surface area contributed by atoms with Crippen LogP contribution >= 0.6 is 0 Å². The van der Waals surface area contributed by atoms with Crippen molar-refractivity contribution in [2.45, 2.75) is 20.4 Å². The SMILES string of the molecule is CC(C)Cn1cc(C(=O)O)c(=O)c2cc(F)c(N(C)C(=O)c3ccccc3)cc21. The van der Waals surface area contributed by atoms with Gasteiger partial charge in [-0.3, -0.25) is 9.59 Å². The number of rotatable bonds is 5. The van der Waals surface area contributed by atoms with Crippen molar-refractivity contribution in [3.8, 4) is 0 Å². The highest BCUT2D eigenvalue weighted by atomic mass is 19.1. The largest absolute Gasteiger partial charge is 0.477 e. The molecule has 0 spiro atoms. The summed E-state index contributed by atoms with van der Waals surface area (Å²) in [7, 11) is 1.45. The first-order valence-electron chi connectivity index (χ1n) is 9.13. The molecule has 0 fully saturated rings. The van der Waals surface area contributed by atoms with Crippen molar-refractivity contribution in [3.63, 3.8) is 0 Å². The van der Waals surface area contributed by atoms with E-state index in [0.717, 1.165) is 6.07 Å². The number of carbonyl (C=O) groups excluding carboxylic acids is 1. The van der Waals surface area contributed by atoms with Gasteiger partial charge in [-0.2, -0.15) is 0 Å². The van der Waals surface area contributed by atoms with Crippen molar-refractivity contribution in [2.75, 3.05) is 11.9 Å². The van der Waals surface area contributed by atoms with Crippen molar-refractivity contribution < 1.29 is 19.1 Å². The highest BCUT2D eigenvalue weighted by Gasteiger charge is 2.21. The summed E-state index contributed by atoms with van der Waals surface area (Å²) in [5, 5.41) is 9.30. The molecule has 0 saturated heterocycles. The summed E-state index contributed by atoms with van der Waals surface area (Å²) in [5.41, 5.74) is -0.395. The minimum absolute atomic E-state index is 0.00586. The summed E-state index contributed by atoms with van der Waals surface area (Å²) in [4.78, 5) is 37.9. The minimum atomic E-state index is -1.37. The molecule has 0 saturated carbocycles. The molecule has 0 radical (unpaired) electrons. The van der Waals surface area contributed by atoms with E-state index in [1.807, 2.05) is 13.8 Å². The molecule has 1 amide bonds. The van der Waals surface area contributed by atoms with Gasteiger partial charge in [0.05, 0.1) is 11.2 Å². The van der Waals surface area contributed by atoms with E-state index in [2.05, 4.69) is 0 Å². The number of fused-ring (bicyclic) bond motifs is 1. The molecule has 2 aromatic carbocycles. The number of aromatic carboxylic acids is 1.